The lowest BCUT2D eigenvalue weighted by molar-refractivity contribution is 0.274. The quantitative estimate of drug-likeness (QED) is 0.277. The highest BCUT2D eigenvalue weighted by Crippen LogP contribution is 2.08. The maximum atomic E-state index is 4.73. The van der Waals surface area contributed by atoms with Gasteiger partial charge in [0.25, 0.3) is 0 Å². The highest BCUT2D eigenvalue weighted by Gasteiger charge is 2.11. The van der Waals surface area contributed by atoms with Crippen LogP contribution in [-0.2, 0) is 6.54 Å². The van der Waals surface area contributed by atoms with Crippen LogP contribution in [0.25, 0.3) is 0 Å². The van der Waals surface area contributed by atoms with Gasteiger partial charge < -0.3 is 20.4 Å². The Morgan fingerprint density at radius 3 is 2.69 bits per heavy atom. The number of rotatable bonds is 7. The minimum Gasteiger partial charge on any atom is -0.357 e. The molecule has 2 N–H and O–H groups in total. The Kier molecular flexibility index (Phi) is 11.9. The van der Waals surface area contributed by atoms with Gasteiger partial charge in [-0.2, -0.15) is 0 Å². The van der Waals surface area contributed by atoms with Gasteiger partial charge >= 0.3 is 0 Å². The van der Waals surface area contributed by atoms with Crippen LogP contribution in [0.4, 0.5) is 0 Å². The molecule has 148 valence electrons. The number of hydrogen-bond donors (Lipinski definition) is 2. The van der Waals surface area contributed by atoms with E-state index in [0.29, 0.717) is 0 Å². The van der Waals surface area contributed by atoms with Crippen LogP contribution in [0.5, 0.6) is 0 Å². The summed E-state index contributed by atoms with van der Waals surface area (Å²) in [6.45, 7) is 12.8. The third-order valence-corrected chi connectivity index (χ3v) is 4.77. The van der Waals surface area contributed by atoms with Crippen molar-refractivity contribution in [1.82, 2.24) is 20.4 Å². The number of likely N-dealkylation sites (N-methyl/N-ethyl adjacent to an activating group) is 1. The summed E-state index contributed by atoms with van der Waals surface area (Å²) in [5.41, 5.74) is 2.58. The van der Waals surface area contributed by atoms with Crippen LogP contribution in [0.1, 0.15) is 30.9 Å². The molecule has 6 heteroatoms. The van der Waals surface area contributed by atoms with Crippen molar-refractivity contribution in [3.8, 4) is 0 Å². The third-order valence-electron chi connectivity index (χ3n) is 4.77. The first-order chi connectivity index (χ1) is 12.2. The Labute approximate surface area is 176 Å². The van der Waals surface area contributed by atoms with Gasteiger partial charge in [0.1, 0.15) is 0 Å². The van der Waals surface area contributed by atoms with Gasteiger partial charge in [0.15, 0.2) is 5.96 Å². The number of halogens is 1. The molecular weight excluding hydrogens is 437 g/mol. The van der Waals surface area contributed by atoms with Crippen LogP contribution in [0.3, 0.4) is 0 Å². The fourth-order valence-corrected chi connectivity index (χ4v) is 3.13. The molecule has 1 heterocycles. The molecule has 0 bridgehead atoms. The summed E-state index contributed by atoms with van der Waals surface area (Å²) < 4.78 is 0. The summed E-state index contributed by atoms with van der Waals surface area (Å²) in [4.78, 5) is 9.74. The van der Waals surface area contributed by atoms with Crippen molar-refractivity contribution in [3.05, 3.63) is 35.4 Å². The fraction of sp³-hybridized carbons (Fsp3) is 0.650. The van der Waals surface area contributed by atoms with E-state index < -0.39 is 0 Å². The van der Waals surface area contributed by atoms with Crippen LogP contribution in [0, 0.1) is 6.92 Å². The van der Waals surface area contributed by atoms with Crippen LogP contribution < -0.4 is 10.6 Å². The van der Waals surface area contributed by atoms with E-state index in [2.05, 4.69) is 65.6 Å². The van der Waals surface area contributed by atoms with Gasteiger partial charge in [-0.3, -0.25) is 0 Å². The summed E-state index contributed by atoms with van der Waals surface area (Å²) in [5.74, 6) is 0.918. The van der Waals surface area contributed by atoms with Crippen LogP contribution in [0.2, 0.25) is 0 Å². The first-order valence-electron chi connectivity index (χ1n) is 9.66. The largest absolute Gasteiger partial charge is 0.357 e. The second-order valence-corrected chi connectivity index (χ2v) is 6.90. The number of nitrogens with zero attached hydrogens (tertiary/aromatic N) is 3. The molecule has 0 saturated carbocycles. The zero-order valence-corrected chi connectivity index (χ0v) is 19.0. The van der Waals surface area contributed by atoms with E-state index in [1.54, 1.807) is 0 Å². The summed E-state index contributed by atoms with van der Waals surface area (Å²) >= 11 is 0. The fourth-order valence-electron chi connectivity index (χ4n) is 3.13. The number of guanidine groups is 1. The Morgan fingerprint density at radius 2 is 1.92 bits per heavy atom. The van der Waals surface area contributed by atoms with Gasteiger partial charge in [-0.1, -0.05) is 24.3 Å². The molecule has 0 amide bonds. The maximum Gasteiger partial charge on any atom is 0.191 e. The van der Waals surface area contributed by atoms with Gasteiger partial charge in [0.05, 0.1) is 6.54 Å². The standard InChI is InChI=1S/C20H35N5.HI/c1-4-21-20(23-17-19-10-6-5-9-18(19)2)22-11-7-13-25-14-8-12-24(3)15-16-25;/h5-6,9-10H,4,7-8,11-17H2,1-3H3,(H2,21,22,23);1H. The summed E-state index contributed by atoms with van der Waals surface area (Å²) in [6, 6.07) is 8.45. The zero-order chi connectivity index (χ0) is 17.9. The van der Waals surface area contributed by atoms with Crippen molar-refractivity contribution < 1.29 is 0 Å². The molecule has 0 unspecified atom stereocenters. The highest BCUT2D eigenvalue weighted by atomic mass is 127. The second-order valence-electron chi connectivity index (χ2n) is 6.90. The molecule has 5 nitrogen and oxygen atoms in total. The van der Waals surface area contributed by atoms with Gasteiger partial charge in [0, 0.05) is 26.2 Å². The summed E-state index contributed by atoms with van der Waals surface area (Å²) in [5, 5.41) is 6.82. The molecule has 1 aromatic carbocycles. The Bertz CT molecular complexity index is 535. The first-order valence-corrected chi connectivity index (χ1v) is 9.66. The van der Waals surface area contributed by atoms with Gasteiger partial charge in [-0.15, -0.1) is 24.0 Å². The number of nitrogens with one attached hydrogen (secondary N) is 2. The smallest absolute Gasteiger partial charge is 0.191 e. The number of aryl methyl sites for hydroxylation is 1. The van der Waals surface area contributed by atoms with Crippen molar-refractivity contribution >= 4 is 29.9 Å². The second kappa shape index (κ2) is 13.3. The average molecular weight is 473 g/mol. The highest BCUT2D eigenvalue weighted by molar-refractivity contribution is 14.0. The van der Waals surface area contributed by atoms with Crippen molar-refractivity contribution in [2.75, 3.05) is 52.9 Å². The molecule has 2 rings (SSSR count). The lowest BCUT2D eigenvalue weighted by atomic mass is 10.1. The molecule has 1 fully saturated rings. The van der Waals surface area contributed by atoms with Crippen molar-refractivity contribution in [2.24, 2.45) is 4.99 Å². The van der Waals surface area contributed by atoms with E-state index in [9.17, 15) is 0 Å². The minimum absolute atomic E-state index is 0. The van der Waals surface area contributed by atoms with Crippen molar-refractivity contribution in [1.29, 1.82) is 0 Å². The normalized spacial score (nSPS) is 16.7. The molecule has 0 atom stereocenters. The van der Waals surface area contributed by atoms with Crippen molar-refractivity contribution in [3.63, 3.8) is 0 Å². The number of benzene rings is 1. The number of aliphatic imine (C=N–C) groups is 1. The average Bonchev–Trinajstić information content (AvgIpc) is 2.82. The molecule has 1 aliphatic heterocycles. The van der Waals surface area contributed by atoms with Gasteiger partial charge in [-0.25, -0.2) is 4.99 Å². The molecule has 0 radical (unpaired) electrons. The lowest BCUT2D eigenvalue weighted by Crippen LogP contribution is -2.39. The zero-order valence-electron chi connectivity index (χ0n) is 16.6. The van der Waals surface area contributed by atoms with Crippen LogP contribution in [0.15, 0.2) is 29.3 Å². The monoisotopic (exact) mass is 473 g/mol. The molecule has 0 aliphatic carbocycles. The molecule has 0 spiro atoms. The predicted octanol–water partition coefficient (Wildman–Crippen LogP) is 2.70. The van der Waals surface area contributed by atoms with E-state index in [4.69, 9.17) is 4.99 Å². The molecular formula is C20H36IN5. The molecule has 1 aliphatic rings. The first kappa shape index (κ1) is 23.2. The van der Waals surface area contributed by atoms with Gasteiger partial charge in [0.2, 0.25) is 0 Å². The summed E-state index contributed by atoms with van der Waals surface area (Å²) in [7, 11) is 2.22. The Morgan fingerprint density at radius 1 is 1.12 bits per heavy atom. The molecule has 26 heavy (non-hydrogen) atoms. The van der Waals surface area contributed by atoms with Gasteiger partial charge in [-0.05, 0) is 64.5 Å². The van der Waals surface area contributed by atoms with E-state index in [0.717, 1.165) is 38.6 Å². The molecule has 1 aromatic rings. The Hall–Kier alpha value is -0.860. The predicted molar refractivity (Wildman–Crippen MR) is 123 cm³/mol. The Balaban J connectivity index is 0.00000338. The van der Waals surface area contributed by atoms with Crippen molar-refractivity contribution in [2.45, 2.75) is 33.2 Å². The molecule has 1 saturated heterocycles. The van der Waals surface area contributed by atoms with Crippen LogP contribution in [-0.4, -0.2) is 68.6 Å². The van der Waals surface area contributed by atoms with E-state index >= 15 is 0 Å². The minimum atomic E-state index is 0. The summed E-state index contributed by atoms with van der Waals surface area (Å²) in [6.07, 6.45) is 2.43. The maximum absolute atomic E-state index is 4.73. The van der Waals surface area contributed by atoms with E-state index in [-0.39, 0.29) is 24.0 Å². The van der Waals surface area contributed by atoms with E-state index in [1.165, 1.54) is 43.7 Å². The number of hydrogen-bond acceptors (Lipinski definition) is 3. The third kappa shape index (κ3) is 8.68. The molecule has 0 aromatic heterocycles. The van der Waals surface area contributed by atoms with E-state index in [1.807, 2.05) is 0 Å². The topological polar surface area (TPSA) is 42.9 Å². The van der Waals surface area contributed by atoms with Crippen LogP contribution >= 0.6 is 24.0 Å². The lowest BCUT2D eigenvalue weighted by Gasteiger charge is -2.20. The SMILES string of the molecule is CCNC(=NCc1ccccc1C)NCCCN1CCCN(C)CC1.I.